The van der Waals surface area contributed by atoms with Crippen molar-refractivity contribution in [1.29, 1.82) is 0 Å². The first-order valence-electron chi connectivity index (χ1n) is 11.6. The Morgan fingerprint density at radius 2 is 1.49 bits per heavy atom. The van der Waals surface area contributed by atoms with Gasteiger partial charge < -0.3 is 9.92 Å². The van der Waals surface area contributed by atoms with Gasteiger partial charge in [-0.15, -0.1) is 17.7 Å². The Morgan fingerprint density at radius 3 is 1.97 bits per heavy atom. The third kappa shape index (κ3) is 8.91. The fourth-order valence-electron chi connectivity index (χ4n) is 3.68. The molecule has 12 nitrogen and oxygen atoms in total. The molecule has 0 amide bonds. The standard InChI is InChI=1S/C23H24N6O3S.C2H6.O3S/c1-16-12-18(8-10-21(16)24)23(19-9-11-22(17(2)13-19)32-33(25,30)31)29(28-15-26-14-27-28)20-6-4-3-5-7-20;1-2;1-4(2)3/h3-15,23H,24H2,1-2H3,(H2,25,30,31);1-2H3;. The number of para-hydroxylation sites is 1. The number of anilines is 2. The number of aryl methyl sites for hydroxylation is 2. The van der Waals surface area contributed by atoms with Crippen LogP contribution in [0.1, 0.15) is 42.1 Å². The molecule has 4 N–H and O–H groups in total. The van der Waals surface area contributed by atoms with Crippen LogP contribution in [0.5, 0.6) is 5.75 Å². The van der Waals surface area contributed by atoms with Gasteiger partial charge in [-0.3, -0.25) is 5.01 Å². The zero-order valence-corrected chi connectivity index (χ0v) is 23.4. The molecule has 39 heavy (non-hydrogen) atoms. The first-order chi connectivity index (χ1) is 18.5. The molecule has 0 aliphatic rings. The second-order valence-corrected chi connectivity index (χ2v) is 9.38. The Hall–Kier alpha value is -4.27. The summed E-state index contributed by atoms with van der Waals surface area (Å²) in [6.07, 6.45) is 3.09. The van der Waals surface area contributed by atoms with Crippen molar-refractivity contribution in [3.05, 3.63) is 102 Å². The normalized spacial score (nSPS) is 11.2. The Balaban J connectivity index is 0.000000815. The van der Waals surface area contributed by atoms with Crippen molar-refractivity contribution in [2.75, 3.05) is 10.7 Å². The maximum Gasteiger partial charge on any atom is 0.425 e. The fraction of sp³-hybridized carbons (Fsp3) is 0.200. The van der Waals surface area contributed by atoms with E-state index in [0.29, 0.717) is 11.3 Å². The summed E-state index contributed by atoms with van der Waals surface area (Å²) in [5, 5.41) is 11.4. The van der Waals surface area contributed by atoms with Crippen LogP contribution in [0.25, 0.3) is 0 Å². The third-order valence-electron chi connectivity index (χ3n) is 5.22. The van der Waals surface area contributed by atoms with Crippen molar-refractivity contribution >= 4 is 32.3 Å². The zero-order chi connectivity index (χ0) is 29.2. The number of nitrogen functional groups attached to an aromatic ring is 1. The molecular formula is C25H30N6O6S2. The Labute approximate surface area is 229 Å². The van der Waals surface area contributed by atoms with E-state index in [0.717, 1.165) is 22.4 Å². The van der Waals surface area contributed by atoms with Gasteiger partial charge in [0.2, 0.25) is 0 Å². The number of nitrogens with two attached hydrogens (primary N) is 2. The van der Waals surface area contributed by atoms with Crippen LogP contribution in [-0.4, -0.2) is 35.9 Å². The highest BCUT2D eigenvalue weighted by molar-refractivity contribution is 7.84. The molecule has 208 valence electrons. The predicted octanol–water partition coefficient (Wildman–Crippen LogP) is 3.14. The Bertz CT molecular complexity index is 1570. The highest BCUT2D eigenvalue weighted by Crippen LogP contribution is 2.36. The fourth-order valence-corrected chi connectivity index (χ4v) is 4.12. The number of rotatable bonds is 7. The van der Waals surface area contributed by atoms with Gasteiger partial charge in [0.25, 0.3) is 0 Å². The summed E-state index contributed by atoms with van der Waals surface area (Å²) in [7, 11) is -7.25. The minimum absolute atomic E-state index is 0.167. The zero-order valence-electron chi connectivity index (χ0n) is 21.8. The number of hydrogen-bond donors (Lipinski definition) is 2. The summed E-state index contributed by atoms with van der Waals surface area (Å²) in [5.74, 6) is 0.167. The van der Waals surface area contributed by atoms with Crippen LogP contribution >= 0.6 is 0 Å². The van der Waals surface area contributed by atoms with Crippen molar-refractivity contribution in [3.8, 4) is 5.75 Å². The van der Waals surface area contributed by atoms with E-state index in [1.165, 1.54) is 6.33 Å². The van der Waals surface area contributed by atoms with Gasteiger partial charge in [-0.2, -0.15) is 18.3 Å². The highest BCUT2D eigenvalue weighted by atomic mass is 32.2. The van der Waals surface area contributed by atoms with Crippen molar-refractivity contribution in [3.63, 3.8) is 0 Å². The first kappa shape index (κ1) is 31.0. The molecule has 1 heterocycles. The van der Waals surface area contributed by atoms with Crippen LogP contribution in [0.2, 0.25) is 0 Å². The summed E-state index contributed by atoms with van der Waals surface area (Å²) in [5.41, 5.74) is 11.0. The summed E-state index contributed by atoms with van der Waals surface area (Å²) < 4.78 is 53.1. The van der Waals surface area contributed by atoms with Gasteiger partial charge in [-0.1, -0.05) is 50.2 Å². The van der Waals surface area contributed by atoms with Gasteiger partial charge >= 0.3 is 20.9 Å². The Morgan fingerprint density at radius 1 is 0.923 bits per heavy atom. The van der Waals surface area contributed by atoms with Crippen LogP contribution in [-0.2, 0) is 20.9 Å². The lowest BCUT2D eigenvalue weighted by atomic mass is 9.94. The van der Waals surface area contributed by atoms with Crippen LogP contribution in [0, 0.1) is 13.8 Å². The van der Waals surface area contributed by atoms with Gasteiger partial charge in [0.15, 0.2) is 0 Å². The van der Waals surface area contributed by atoms with Crippen molar-refractivity contribution in [1.82, 2.24) is 14.9 Å². The number of benzene rings is 3. The van der Waals surface area contributed by atoms with Crippen molar-refractivity contribution < 1.29 is 25.2 Å². The number of nitrogens with zero attached hydrogens (tertiary/aromatic N) is 4. The summed E-state index contributed by atoms with van der Waals surface area (Å²) in [6, 6.07) is 20.5. The number of hydrogen-bond acceptors (Lipinski definition) is 10. The minimum Gasteiger partial charge on any atom is -0.399 e. The van der Waals surface area contributed by atoms with Gasteiger partial charge in [-0.05, 0) is 66.4 Å². The monoisotopic (exact) mass is 574 g/mol. The van der Waals surface area contributed by atoms with E-state index in [-0.39, 0.29) is 11.8 Å². The van der Waals surface area contributed by atoms with Crippen LogP contribution in [0.15, 0.2) is 79.4 Å². The SMILES string of the molecule is CC.Cc1cc(C(c2ccc(OS(N)(=O)=O)c(C)c2)N(c2ccccc2)n2cncn2)ccc1N.O=S(=O)=O. The average molecular weight is 575 g/mol. The summed E-state index contributed by atoms with van der Waals surface area (Å²) >= 11 is 0. The topological polar surface area (TPSA) is 181 Å². The average Bonchev–Trinajstić information content (AvgIpc) is 3.41. The van der Waals surface area contributed by atoms with Crippen molar-refractivity contribution in [2.24, 2.45) is 5.14 Å². The van der Waals surface area contributed by atoms with Crippen molar-refractivity contribution in [2.45, 2.75) is 33.7 Å². The van der Waals surface area contributed by atoms with Gasteiger partial charge in [-0.25, -0.2) is 4.98 Å². The van der Waals surface area contributed by atoms with E-state index in [9.17, 15) is 8.42 Å². The lowest BCUT2D eigenvalue weighted by Gasteiger charge is -2.34. The van der Waals surface area contributed by atoms with E-state index < -0.39 is 20.9 Å². The molecule has 1 unspecified atom stereocenters. The van der Waals surface area contributed by atoms with Crippen LogP contribution in [0.3, 0.4) is 0 Å². The van der Waals surface area contributed by atoms with E-state index in [1.807, 2.05) is 80.4 Å². The molecule has 0 radical (unpaired) electrons. The van der Waals surface area contributed by atoms with Gasteiger partial charge in [0.1, 0.15) is 24.4 Å². The van der Waals surface area contributed by atoms with Gasteiger partial charge in [0.05, 0.1) is 5.69 Å². The maximum atomic E-state index is 11.4. The Kier molecular flexibility index (Phi) is 11.1. The maximum absolute atomic E-state index is 11.4. The second kappa shape index (κ2) is 14.0. The molecule has 0 saturated heterocycles. The minimum atomic E-state index is -4.14. The number of aromatic nitrogens is 3. The van der Waals surface area contributed by atoms with Crippen LogP contribution in [0.4, 0.5) is 11.4 Å². The molecule has 0 fully saturated rings. The first-order valence-corrected chi connectivity index (χ1v) is 14.1. The van der Waals surface area contributed by atoms with E-state index in [2.05, 4.69) is 10.1 Å². The molecule has 14 heteroatoms. The van der Waals surface area contributed by atoms with Gasteiger partial charge in [0, 0.05) is 5.69 Å². The predicted molar refractivity (Wildman–Crippen MR) is 148 cm³/mol. The molecule has 0 aliphatic heterocycles. The lowest BCUT2D eigenvalue weighted by molar-refractivity contribution is 0.485. The molecule has 1 atom stereocenters. The summed E-state index contributed by atoms with van der Waals surface area (Å²) in [6.45, 7) is 7.71. The molecule has 0 saturated carbocycles. The van der Waals surface area contributed by atoms with E-state index in [1.54, 1.807) is 30.2 Å². The molecule has 0 aliphatic carbocycles. The van der Waals surface area contributed by atoms with E-state index in [4.69, 9.17) is 27.7 Å². The summed E-state index contributed by atoms with van der Waals surface area (Å²) in [4.78, 5) is 5.79. The smallest absolute Gasteiger partial charge is 0.399 e. The molecule has 0 spiro atoms. The molecule has 3 aromatic carbocycles. The second-order valence-electron chi connectivity index (χ2n) is 7.82. The third-order valence-corrected chi connectivity index (χ3v) is 5.63. The molecule has 1 aromatic heterocycles. The quantitative estimate of drug-likeness (QED) is 0.311. The molecule has 0 bridgehead atoms. The lowest BCUT2D eigenvalue weighted by Crippen LogP contribution is -2.35. The molecule has 4 aromatic rings. The van der Waals surface area contributed by atoms with Crippen LogP contribution < -0.4 is 20.1 Å². The molecular weight excluding hydrogens is 544 g/mol. The molecule has 4 rings (SSSR count). The van der Waals surface area contributed by atoms with E-state index >= 15 is 0 Å². The largest absolute Gasteiger partial charge is 0.425 e. The highest BCUT2D eigenvalue weighted by Gasteiger charge is 2.26.